The van der Waals surface area contributed by atoms with Crippen LogP contribution in [0.4, 0.5) is 0 Å². The number of carbonyl (C=O) groups is 1. The molecule has 4 rings (SSSR count). The average Bonchev–Trinajstić information content (AvgIpc) is 3.54. The minimum atomic E-state index is -0.696. The van der Waals surface area contributed by atoms with Gasteiger partial charge in [-0.1, -0.05) is 46.3 Å². The highest BCUT2D eigenvalue weighted by atomic mass is 16.6. The summed E-state index contributed by atoms with van der Waals surface area (Å²) in [5, 5.41) is 15.7. The fourth-order valence-corrected chi connectivity index (χ4v) is 5.52. The fourth-order valence-electron chi connectivity index (χ4n) is 5.52. The van der Waals surface area contributed by atoms with Crippen molar-refractivity contribution in [2.75, 3.05) is 0 Å². The van der Waals surface area contributed by atoms with Gasteiger partial charge in [0, 0.05) is 35.6 Å². The molecule has 0 saturated heterocycles. The number of aliphatic hydroxyl groups is 1. The minimum Gasteiger partial charge on any atom is -0.512 e. The molecule has 2 aliphatic rings. The van der Waals surface area contributed by atoms with Crippen LogP contribution in [-0.2, 0) is 16.0 Å². The standard InChI is InChI=1S/C30H41N5O3/c1-7-24(32-22(6)19(2)3)14-10-11-15-30(23-12-8-9-13-23)18-26(36)25(28(37)38-30)17-27-33-29-31-20(4)16-21(5)35(29)34-27/h10,14,16,19,23,36H,6-9,11-13,15,17-18H2,1-5H3/b14-10+,32-24?. The van der Waals surface area contributed by atoms with Crippen molar-refractivity contribution in [3.05, 3.63) is 59.0 Å². The van der Waals surface area contributed by atoms with Crippen LogP contribution in [0, 0.1) is 25.7 Å². The highest BCUT2D eigenvalue weighted by Gasteiger charge is 2.47. The molecule has 2 aromatic heterocycles. The molecular formula is C30H41N5O3. The predicted octanol–water partition coefficient (Wildman–Crippen LogP) is 6.33. The second kappa shape index (κ2) is 11.6. The number of ether oxygens (including phenoxy) is 1. The van der Waals surface area contributed by atoms with Crippen LogP contribution in [0.15, 0.2) is 46.8 Å². The number of nitrogens with zero attached hydrogens (tertiary/aromatic N) is 5. The lowest BCUT2D eigenvalue weighted by Gasteiger charge is -2.41. The van der Waals surface area contributed by atoms with Gasteiger partial charge in [-0.15, -0.1) is 5.10 Å². The first-order chi connectivity index (χ1) is 18.1. The number of esters is 1. The summed E-state index contributed by atoms with van der Waals surface area (Å²) in [6, 6.07) is 1.93. The fraction of sp³-hybridized carbons (Fsp3) is 0.567. The summed E-state index contributed by atoms with van der Waals surface area (Å²) in [4.78, 5) is 26.9. The maximum atomic E-state index is 13.3. The third-order valence-electron chi connectivity index (χ3n) is 7.81. The van der Waals surface area contributed by atoms with Gasteiger partial charge in [0.25, 0.3) is 5.78 Å². The van der Waals surface area contributed by atoms with Crippen LogP contribution >= 0.6 is 0 Å². The van der Waals surface area contributed by atoms with E-state index in [2.05, 4.69) is 59.6 Å². The Morgan fingerprint density at radius 2 is 2.05 bits per heavy atom. The number of hydrogen-bond donors (Lipinski definition) is 1. The van der Waals surface area contributed by atoms with Gasteiger partial charge in [-0.25, -0.2) is 14.3 Å². The Morgan fingerprint density at radius 1 is 1.32 bits per heavy atom. The zero-order valence-electron chi connectivity index (χ0n) is 23.5. The van der Waals surface area contributed by atoms with Crippen LogP contribution in [0.5, 0.6) is 0 Å². The van der Waals surface area contributed by atoms with Crippen LogP contribution in [0.25, 0.3) is 5.78 Å². The number of carbonyl (C=O) groups excluding carboxylic acids is 1. The van der Waals surface area contributed by atoms with E-state index in [4.69, 9.17) is 4.74 Å². The van der Waals surface area contributed by atoms with Crippen molar-refractivity contribution in [2.24, 2.45) is 16.8 Å². The second-order valence-corrected chi connectivity index (χ2v) is 11.0. The van der Waals surface area contributed by atoms with Crippen LogP contribution in [0.3, 0.4) is 0 Å². The van der Waals surface area contributed by atoms with E-state index < -0.39 is 11.6 Å². The molecule has 1 atom stereocenters. The van der Waals surface area contributed by atoms with Gasteiger partial charge in [-0.2, -0.15) is 4.98 Å². The zero-order valence-corrected chi connectivity index (χ0v) is 23.5. The molecule has 0 radical (unpaired) electrons. The first kappa shape index (κ1) is 27.7. The molecule has 0 bridgehead atoms. The largest absolute Gasteiger partial charge is 0.512 e. The molecule has 0 spiro atoms. The van der Waals surface area contributed by atoms with Gasteiger partial charge in [-0.3, -0.25) is 4.99 Å². The lowest BCUT2D eigenvalue weighted by atomic mass is 9.77. The predicted molar refractivity (Wildman–Crippen MR) is 149 cm³/mol. The first-order valence-corrected chi connectivity index (χ1v) is 13.9. The van der Waals surface area contributed by atoms with Crippen molar-refractivity contribution in [1.29, 1.82) is 0 Å². The monoisotopic (exact) mass is 519 g/mol. The van der Waals surface area contributed by atoms with E-state index in [1.165, 1.54) is 0 Å². The maximum Gasteiger partial charge on any atom is 0.338 e. The van der Waals surface area contributed by atoms with Crippen LogP contribution in [0.2, 0.25) is 0 Å². The molecule has 3 heterocycles. The van der Waals surface area contributed by atoms with E-state index in [0.29, 0.717) is 30.4 Å². The Morgan fingerprint density at radius 3 is 2.71 bits per heavy atom. The van der Waals surface area contributed by atoms with E-state index >= 15 is 0 Å². The highest BCUT2D eigenvalue weighted by Crippen LogP contribution is 2.46. The summed E-state index contributed by atoms with van der Waals surface area (Å²) >= 11 is 0. The normalized spacial score (nSPS) is 21.3. The Bertz CT molecular complexity index is 1300. The van der Waals surface area contributed by atoms with E-state index in [0.717, 1.165) is 61.3 Å². The summed E-state index contributed by atoms with van der Waals surface area (Å²) in [6.07, 6.45) is 11.1. The van der Waals surface area contributed by atoms with Crippen LogP contribution in [-0.4, -0.2) is 42.0 Å². The van der Waals surface area contributed by atoms with E-state index in [1.54, 1.807) is 4.52 Å². The Labute approximate surface area is 225 Å². The smallest absolute Gasteiger partial charge is 0.338 e. The van der Waals surface area contributed by atoms with Crippen molar-refractivity contribution >= 4 is 17.5 Å². The summed E-state index contributed by atoms with van der Waals surface area (Å²) in [6.45, 7) is 14.2. The summed E-state index contributed by atoms with van der Waals surface area (Å²) in [5.41, 5.74) is 3.17. The first-order valence-electron chi connectivity index (χ1n) is 13.9. The number of fused-ring (bicyclic) bond motifs is 1. The summed E-state index contributed by atoms with van der Waals surface area (Å²) < 4.78 is 7.91. The van der Waals surface area contributed by atoms with Crippen molar-refractivity contribution < 1.29 is 14.6 Å². The number of aryl methyl sites for hydroxylation is 2. The van der Waals surface area contributed by atoms with Crippen LogP contribution < -0.4 is 0 Å². The third-order valence-corrected chi connectivity index (χ3v) is 7.81. The third kappa shape index (κ3) is 6.05. The topological polar surface area (TPSA) is 102 Å². The van der Waals surface area contributed by atoms with Gasteiger partial charge >= 0.3 is 5.97 Å². The molecule has 1 N–H and O–H groups in total. The molecule has 1 unspecified atom stereocenters. The van der Waals surface area contributed by atoms with Gasteiger partial charge < -0.3 is 9.84 Å². The Kier molecular flexibility index (Phi) is 8.48. The van der Waals surface area contributed by atoms with Crippen molar-refractivity contribution in [1.82, 2.24) is 19.6 Å². The van der Waals surface area contributed by atoms with Gasteiger partial charge in [0.2, 0.25) is 0 Å². The molecular weight excluding hydrogens is 478 g/mol. The molecule has 8 heteroatoms. The number of rotatable bonds is 10. The number of allylic oxidation sites excluding steroid dienone is 3. The average molecular weight is 520 g/mol. The van der Waals surface area contributed by atoms with E-state index in [-0.39, 0.29) is 23.7 Å². The molecule has 0 amide bonds. The van der Waals surface area contributed by atoms with Gasteiger partial charge in [-0.05, 0) is 69.9 Å². The molecule has 8 nitrogen and oxygen atoms in total. The number of aliphatic hydroxyl groups excluding tert-OH is 1. The second-order valence-electron chi connectivity index (χ2n) is 11.0. The lowest BCUT2D eigenvalue weighted by molar-refractivity contribution is -0.167. The highest BCUT2D eigenvalue weighted by molar-refractivity contribution is 5.95. The molecule has 1 aliphatic heterocycles. The summed E-state index contributed by atoms with van der Waals surface area (Å²) in [5.74, 6) is 1.11. The SMILES string of the molecule is C=C(N=C(/C=C/CCC1(C2CCCC2)CC(O)=C(Cc2nc3nc(C)cc(C)n3n2)C(=O)O1)CC)C(C)C. The van der Waals surface area contributed by atoms with E-state index in [9.17, 15) is 9.90 Å². The van der Waals surface area contributed by atoms with Gasteiger partial charge in [0.15, 0.2) is 5.82 Å². The molecule has 204 valence electrons. The lowest BCUT2D eigenvalue weighted by Crippen LogP contribution is -2.46. The summed E-state index contributed by atoms with van der Waals surface area (Å²) in [7, 11) is 0. The molecule has 38 heavy (non-hydrogen) atoms. The Balaban J connectivity index is 1.52. The van der Waals surface area contributed by atoms with Gasteiger partial charge in [0.05, 0.1) is 5.57 Å². The number of aliphatic imine (C=N–C) groups is 1. The number of hydrogen-bond acceptors (Lipinski definition) is 7. The van der Waals surface area contributed by atoms with Crippen molar-refractivity contribution in [3.8, 4) is 0 Å². The van der Waals surface area contributed by atoms with Crippen LogP contribution in [0.1, 0.15) is 89.4 Å². The molecule has 1 saturated carbocycles. The molecule has 1 fully saturated rings. The molecule has 1 aliphatic carbocycles. The van der Waals surface area contributed by atoms with Crippen molar-refractivity contribution in [2.45, 2.75) is 98.0 Å². The van der Waals surface area contributed by atoms with Crippen molar-refractivity contribution in [3.63, 3.8) is 0 Å². The Hall–Kier alpha value is -3.29. The number of cyclic esters (lactones) is 1. The quantitative estimate of drug-likeness (QED) is 0.291. The number of aromatic nitrogens is 4. The van der Waals surface area contributed by atoms with E-state index in [1.807, 2.05) is 19.9 Å². The molecule has 2 aromatic rings. The minimum absolute atomic E-state index is 0.0980. The van der Waals surface area contributed by atoms with Gasteiger partial charge in [0.1, 0.15) is 11.4 Å². The zero-order chi connectivity index (χ0) is 27.4. The maximum absolute atomic E-state index is 13.3. The molecule has 0 aromatic carbocycles.